The summed E-state index contributed by atoms with van der Waals surface area (Å²) in [5.74, 6) is -1.02. The first-order chi connectivity index (χ1) is 15.4. The van der Waals surface area contributed by atoms with E-state index in [0.717, 1.165) is 12.1 Å². The van der Waals surface area contributed by atoms with Crippen LogP contribution in [0, 0.1) is 0 Å². The van der Waals surface area contributed by atoms with E-state index < -0.39 is 30.2 Å². The number of nitrogens with two attached hydrogens (primary N) is 1. The van der Waals surface area contributed by atoms with E-state index in [2.05, 4.69) is 0 Å². The first kappa shape index (κ1) is 26.3. The van der Waals surface area contributed by atoms with Gasteiger partial charge in [-0.3, -0.25) is 9.59 Å². The summed E-state index contributed by atoms with van der Waals surface area (Å²) in [4.78, 5) is 27.6. The second kappa shape index (κ2) is 11.2. The number of hydrogen-bond acceptors (Lipinski definition) is 5. The Morgan fingerprint density at radius 1 is 1.12 bits per heavy atom. The van der Waals surface area contributed by atoms with Crippen molar-refractivity contribution in [2.45, 2.75) is 12.7 Å². The van der Waals surface area contributed by atoms with Crippen LogP contribution in [0.25, 0.3) is 0 Å². The molecule has 0 aromatic heterocycles. The number of alkyl halides is 3. The van der Waals surface area contributed by atoms with Gasteiger partial charge in [0.05, 0.1) is 17.7 Å². The molecule has 180 valence electrons. The molecule has 0 spiro atoms. The zero-order valence-electron chi connectivity index (χ0n) is 18.4. The van der Waals surface area contributed by atoms with E-state index in [4.69, 9.17) is 26.8 Å². The summed E-state index contributed by atoms with van der Waals surface area (Å²) in [5, 5.41) is 0.0191. The van der Waals surface area contributed by atoms with E-state index in [1.165, 1.54) is 36.3 Å². The molecule has 0 atom stereocenters. The molecule has 0 aliphatic rings. The third-order valence-electron chi connectivity index (χ3n) is 4.57. The molecule has 0 aliphatic heterocycles. The van der Waals surface area contributed by atoms with Crippen LogP contribution < -0.4 is 15.2 Å². The van der Waals surface area contributed by atoms with Crippen LogP contribution in [0.1, 0.15) is 21.5 Å². The third kappa shape index (κ3) is 7.54. The molecule has 7 nitrogen and oxygen atoms in total. The number of primary amides is 1. The van der Waals surface area contributed by atoms with Gasteiger partial charge in [0.15, 0.2) is 18.1 Å². The van der Waals surface area contributed by atoms with Crippen molar-refractivity contribution in [3.63, 3.8) is 0 Å². The van der Waals surface area contributed by atoms with Gasteiger partial charge in [0.25, 0.3) is 11.8 Å². The van der Waals surface area contributed by atoms with Gasteiger partial charge in [0.2, 0.25) is 0 Å². The molecule has 11 heteroatoms. The summed E-state index contributed by atoms with van der Waals surface area (Å²) in [6, 6.07) is 7.56. The van der Waals surface area contributed by atoms with E-state index in [1.807, 2.05) is 19.0 Å². The summed E-state index contributed by atoms with van der Waals surface area (Å²) in [5.41, 5.74) is 4.77. The highest BCUT2D eigenvalue weighted by atomic mass is 35.5. The Kier molecular flexibility index (Phi) is 8.95. The van der Waals surface area contributed by atoms with Gasteiger partial charge in [-0.2, -0.15) is 13.2 Å². The first-order valence-electron chi connectivity index (χ1n) is 9.81. The number of nitrogens with zero attached hydrogens (tertiary/aromatic N) is 2. The smallest absolute Gasteiger partial charge is 0.416 e. The summed E-state index contributed by atoms with van der Waals surface area (Å²) in [6.45, 7) is 0.252. The lowest BCUT2D eigenvalue weighted by molar-refractivity contribution is -0.137. The van der Waals surface area contributed by atoms with Gasteiger partial charge < -0.3 is 25.0 Å². The minimum atomic E-state index is -4.49. The molecular weight excluding hydrogens is 463 g/mol. The van der Waals surface area contributed by atoms with E-state index in [9.17, 15) is 22.8 Å². The van der Waals surface area contributed by atoms with Gasteiger partial charge in [-0.1, -0.05) is 23.7 Å². The molecule has 2 amide bonds. The molecule has 0 bridgehead atoms. The Hall–Kier alpha value is -2.98. The zero-order chi connectivity index (χ0) is 24.8. The van der Waals surface area contributed by atoms with Crippen molar-refractivity contribution in [1.82, 2.24) is 9.80 Å². The maximum Gasteiger partial charge on any atom is 0.416 e. The van der Waals surface area contributed by atoms with Crippen molar-refractivity contribution in [2.24, 2.45) is 5.73 Å². The number of methoxy groups -OCH3 is 1. The molecule has 2 N–H and O–H groups in total. The Labute approximate surface area is 194 Å². The second-order valence-corrected chi connectivity index (χ2v) is 7.88. The Bertz CT molecular complexity index is 999. The van der Waals surface area contributed by atoms with Crippen molar-refractivity contribution < 1.29 is 32.2 Å². The highest BCUT2D eigenvalue weighted by Gasteiger charge is 2.30. The number of amides is 2. The molecule has 0 unspecified atom stereocenters. The van der Waals surface area contributed by atoms with Gasteiger partial charge in [0, 0.05) is 25.2 Å². The van der Waals surface area contributed by atoms with E-state index in [1.54, 1.807) is 0 Å². The molecule has 2 aromatic carbocycles. The van der Waals surface area contributed by atoms with Crippen LogP contribution in [-0.4, -0.2) is 62.5 Å². The first-order valence-corrected chi connectivity index (χ1v) is 10.2. The molecule has 0 saturated carbocycles. The lowest BCUT2D eigenvalue weighted by Gasteiger charge is -2.25. The molecular formula is C22H25ClF3N3O4. The SMILES string of the molecule is COc1cc(C(=O)N(CCN(C)C)Cc2cccc(C(F)(F)F)c2)cc(Cl)c1OCC(N)=O. The predicted molar refractivity (Wildman–Crippen MR) is 117 cm³/mol. The monoisotopic (exact) mass is 487 g/mol. The Morgan fingerprint density at radius 3 is 2.39 bits per heavy atom. The van der Waals surface area contributed by atoms with Crippen LogP contribution in [0.4, 0.5) is 13.2 Å². The minimum absolute atomic E-state index is 0.0191. The van der Waals surface area contributed by atoms with Crippen molar-refractivity contribution in [1.29, 1.82) is 0 Å². The van der Waals surface area contributed by atoms with Crippen molar-refractivity contribution in [2.75, 3.05) is 40.9 Å². The van der Waals surface area contributed by atoms with Crippen LogP contribution in [-0.2, 0) is 17.5 Å². The fourth-order valence-corrected chi connectivity index (χ4v) is 3.21. The molecule has 0 radical (unpaired) electrons. The standard InChI is InChI=1S/C22H25ClF3N3O4/c1-28(2)7-8-29(12-14-5-4-6-16(9-14)22(24,25)26)21(31)15-10-17(23)20(18(11-15)32-3)33-13-19(27)30/h4-6,9-11H,7-8,12-13H2,1-3H3,(H2,27,30). The molecule has 0 saturated heterocycles. The minimum Gasteiger partial charge on any atom is -0.493 e. The Balaban J connectivity index is 2.37. The maximum absolute atomic E-state index is 13.3. The largest absolute Gasteiger partial charge is 0.493 e. The zero-order valence-corrected chi connectivity index (χ0v) is 19.2. The van der Waals surface area contributed by atoms with E-state index >= 15 is 0 Å². The van der Waals surface area contributed by atoms with E-state index in [0.29, 0.717) is 12.1 Å². The summed E-state index contributed by atoms with van der Waals surface area (Å²) in [6.07, 6.45) is -4.49. The van der Waals surface area contributed by atoms with Crippen molar-refractivity contribution in [3.05, 3.63) is 58.1 Å². The molecule has 0 fully saturated rings. The molecule has 2 rings (SSSR count). The van der Waals surface area contributed by atoms with Crippen molar-refractivity contribution >= 4 is 23.4 Å². The number of carbonyl (C=O) groups is 2. The van der Waals surface area contributed by atoms with Gasteiger partial charge in [0.1, 0.15) is 0 Å². The predicted octanol–water partition coefficient (Wildman–Crippen LogP) is 3.44. The van der Waals surface area contributed by atoms with Crippen molar-refractivity contribution in [3.8, 4) is 11.5 Å². The maximum atomic E-state index is 13.3. The summed E-state index contributed by atoms with van der Waals surface area (Å²) >= 11 is 6.24. The number of benzene rings is 2. The fraction of sp³-hybridized carbons (Fsp3) is 0.364. The van der Waals surface area contributed by atoms with Gasteiger partial charge >= 0.3 is 6.18 Å². The highest BCUT2D eigenvalue weighted by Crippen LogP contribution is 2.37. The third-order valence-corrected chi connectivity index (χ3v) is 4.85. The van der Waals surface area contributed by atoms with Gasteiger partial charge in [-0.05, 0) is 43.9 Å². The lowest BCUT2D eigenvalue weighted by Crippen LogP contribution is -2.36. The van der Waals surface area contributed by atoms with Gasteiger partial charge in [-0.25, -0.2) is 0 Å². The van der Waals surface area contributed by atoms with Gasteiger partial charge in [-0.15, -0.1) is 0 Å². The van der Waals surface area contributed by atoms with E-state index in [-0.39, 0.29) is 35.2 Å². The molecule has 33 heavy (non-hydrogen) atoms. The Morgan fingerprint density at radius 2 is 1.82 bits per heavy atom. The molecule has 0 heterocycles. The second-order valence-electron chi connectivity index (χ2n) is 7.47. The fourth-order valence-electron chi connectivity index (χ4n) is 2.95. The van der Waals surface area contributed by atoms with Crippen LogP contribution in [0.3, 0.4) is 0 Å². The van der Waals surface area contributed by atoms with Crippen LogP contribution in [0.5, 0.6) is 11.5 Å². The topological polar surface area (TPSA) is 85.1 Å². The number of carbonyl (C=O) groups excluding carboxylic acids is 2. The average molecular weight is 488 g/mol. The molecule has 2 aromatic rings. The number of ether oxygens (including phenoxy) is 2. The summed E-state index contributed by atoms with van der Waals surface area (Å²) < 4.78 is 49.8. The normalized spacial score (nSPS) is 11.4. The summed E-state index contributed by atoms with van der Waals surface area (Å²) in [7, 11) is 4.97. The number of likely N-dealkylation sites (N-methyl/N-ethyl adjacent to an activating group) is 1. The average Bonchev–Trinajstić information content (AvgIpc) is 2.74. The van der Waals surface area contributed by atoms with Crippen LogP contribution in [0.2, 0.25) is 5.02 Å². The quantitative estimate of drug-likeness (QED) is 0.555. The lowest BCUT2D eigenvalue weighted by atomic mass is 10.1. The van der Waals surface area contributed by atoms with Crippen LogP contribution >= 0.6 is 11.6 Å². The highest BCUT2D eigenvalue weighted by molar-refractivity contribution is 6.32. The number of hydrogen-bond donors (Lipinski definition) is 1. The number of halogens is 4. The van der Waals surface area contributed by atoms with Crippen LogP contribution in [0.15, 0.2) is 36.4 Å². The number of rotatable bonds is 10. The molecule has 0 aliphatic carbocycles.